The van der Waals surface area contributed by atoms with Gasteiger partial charge in [0.1, 0.15) is 48.7 Å². The van der Waals surface area contributed by atoms with E-state index in [1.165, 1.54) is 186 Å². The summed E-state index contributed by atoms with van der Waals surface area (Å²) in [6.07, 6.45) is 59.0. The zero-order valence-corrected chi connectivity index (χ0v) is 68.4. The summed E-state index contributed by atoms with van der Waals surface area (Å²) in [7, 11) is 2.36. The van der Waals surface area contributed by atoms with Crippen LogP contribution in [0.1, 0.15) is 311 Å². The van der Waals surface area contributed by atoms with E-state index in [-0.39, 0.29) is 57.1 Å². The quantitative estimate of drug-likeness (QED) is 0.0223. The Hall–Kier alpha value is -3.27. The van der Waals surface area contributed by atoms with Crippen molar-refractivity contribution in [2.75, 3.05) is 68.1 Å². The number of nitrogens with one attached hydrogen (secondary N) is 2. The number of amides is 2. The molecule has 2 aliphatic heterocycles. The molecule has 19 nitrogen and oxygen atoms in total. The molecule has 0 aliphatic carbocycles. The summed E-state index contributed by atoms with van der Waals surface area (Å²) in [5.41, 5.74) is 0. The predicted molar refractivity (Wildman–Crippen MR) is 423 cm³/mol. The van der Waals surface area contributed by atoms with Crippen LogP contribution in [0.4, 0.5) is 0 Å². The average molecular weight is 1500 g/mol. The standard InChI is InChI=1S/C45H82NO10P.C39H73NO7/c1-8-13-15-17-18-19-20-21-22-23-24-25-26-28-30-32-41(47)46-42-44(51-37-33-39(50-7)31-29-27-16-14-9-2)43(40(38-49-6)55-45(42)52-34-10-3)56-57(48,53-35-11-4)54-36-12-5;1-6-9-11-13-14-15-16-17-18-19-20-21-22-24-26-28-35(41)40-36-38(37(42)34(32-43-4)47-39(36)46-30-8-3)45-31-29-33(44-5)27-25-23-12-10-7-2/h10-12,19-20,34,39-40,42-45H,4-5,8-9,13-18,21-33,35-38H2,1-3,6-7H3,(H,46,47);8,15-16,30,33-34,36-39,42H,6-7,9-14,17-29,31-32H2,1-5H3,(H,40,41)/b20-19-,34-10-;16-15-,30-8-/t39-,40-,42-,43?,44-,45+;33-,34-,36-,37?,38-,39+/m11/s1. The molecule has 2 aliphatic rings. The Labute approximate surface area is 634 Å². The highest BCUT2D eigenvalue weighted by molar-refractivity contribution is 7.48. The second-order valence-corrected chi connectivity index (χ2v) is 29.7. The molecule has 2 amide bonds. The molecule has 0 aromatic carbocycles. The SMILES string of the molecule is C/C=C\O[C@H]1O[C@H](COC)C(O)[C@H](OCC[C@@H](CCCCCCC)OC)[C@H]1NC(=O)CCCCCCCCC/C=C\CCCCCC.C=CCOP(=O)(OCC=C)OC1[C@@H](COC)O[C@H](O/C=C\C)[C@H](NC(=O)CCCCCCCCC/C=C\CCCCCC)[C@H]1OCC[C@@H](CCCCCCC)OC. The molecule has 104 heavy (non-hydrogen) atoms. The smallest absolute Gasteiger partial charge is 0.471 e. The first-order chi connectivity index (χ1) is 50.8. The number of allylic oxidation sites excluding steroid dienone is 6. The molecule has 0 saturated carbocycles. The van der Waals surface area contributed by atoms with Crippen molar-refractivity contribution < 1.29 is 80.2 Å². The van der Waals surface area contributed by atoms with Crippen molar-refractivity contribution in [1.29, 1.82) is 0 Å². The van der Waals surface area contributed by atoms with Crippen LogP contribution in [-0.4, -0.2) is 158 Å². The minimum Gasteiger partial charge on any atom is -0.471 e. The van der Waals surface area contributed by atoms with Gasteiger partial charge in [-0.05, 0) is 104 Å². The van der Waals surface area contributed by atoms with Gasteiger partial charge in [-0.3, -0.25) is 23.2 Å². The van der Waals surface area contributed by atoms with Gasteiger partial charge in [0.15, 0.2) is 0 Å². The van der Waals surface area contributed by atoms with Crippen LogP contribution >= 0.6 is 7.82 Å². The van der Waals surface area contributed by atoms with Crippen LogP contribution in [-0.2, 0) is 75.1 Å². The number of phosphoric acid groups is 1. The lowest BCUT2D eigenvalue weighted by Gasteiger charge is -2.46. The van der Waals surface area contributed by atoms with Gasteiger partial charge < -0.3 is 63.1 Å². The van der Waals surface area contributed by atoms with Crippen LogP contribution in [0, 0.1) is 0 Å². The molecule has 20 heteroatoms. The third kappa shape index (κ3) is 49.7. The molecule has 3 N–H and O–H groups in total. The summed E-state index contributed by atoms with van der Waals surface area (Å²) in [5.74, 6) is -0.241. The van der Waals surface area contributed by atoms with E-state index in [1.807, 2.05) is 13.8 Å². The number of carbonyl (C=O) groups is 2. The summed E-state index contributed by atoms with van der Waals surface area (Å²) >= 11 is 0. The zero-order valence-electron chi connectivity index (χ0n) is 67.5. The zero-order chi connectivity index (χ0) is 76.2. The Morgan fingerprint density at radius 2 is 0.808 bits per heavy atom. The van der Waals surface area contributed by atoms with Crippen LogP contribution in [0.5, 0.6) is 0 Å². The fourth-order valence-electron chi connectivity index (χ4n) is 12.9. The van der Waals surface area contributed by atoms with E-state index in [9.17, 15) is 19.3 Å². The fraction of sp³-hybridized carbons (Fsp3) is 0.833. The summed E-state index contributed by atoms with van der Waals surface area (Å²) in [6, 6.07) is -1.50. The molecule has 2 heterocycles. The average Bonchev–Trinajstić information content (AvgIpc) is 0.787. The van der Waals surface area contributed by atoms with Gasteiger partial charge in [-0.25, -0.2) is 4.57 Å². The van der Waals surface area contributed by atoms with Gasteiger partial charge in [0.05, 0.1) is 51.2 Å². The maximum absolute atomic E-state index is 14.0. The van der Waals surface area contributed by atoms with Gasteiger partial charge >= 0.3 is 7.82 Å². The number of aliphatic hydroxyl groups excluding tert-OH is 1. The number of hydrogen-bond acceptors (Lipinski definition) is 17. The molecule has 2 fully saturated rings. The lowest BCUT2D eigenvalue weighted by atomic mass is 9.96. The normalized spacial score (nSPS) is 21.4. The van der Waals surface area contributed by atoms with Crippen LogP contribution in [0.15, 0.2) is 74.3 Å². The highest BCUT2D eigenvalue weighted by Crippen LogP contribution is 2.52. The van der Waals surface area contributed by atoms with Gasteiger partial charge in [-0.15, -0.1) is 13.2 Å². The first-order valence-electron chi connectivity index (χ1n) is 41.3. The monoisotopic (exact) mass is 1500 g/mol. The molecule has 2 unspecified atom stereocenters. The van der Waals surface area contributed by atoms with Crippen LogP contribution in [0.3, 0.4) is 0 Å². The number of phosphoric ester groups is 1. The van der Waals surface area contributed by atoms with Crippen molar-refractivity contribution in [2.45, 2.75) is 385 Å². The Morgan fingerprint density at radius 3 is 1.19 bits per heavy atom. The third-order valence-corrected chi connectivity index (χ3v) is 20.5. The van der Waals surface area contributed by atoms with Gasteiger partial charge in [-0.1, -0.05) is 243 Å². The summed E-state index contributed by atoms with van der Waals surface area (Å²) in [6.45, 7) is 20.7. The highest BCUT2D eigenvalue weighted by atomic mass is 31.2. The molecule has 608 valence electrons. The van der Waals surface area contributed by atoms with Crippen molar-refractivity contribution >= 4 is 19.6 Å². The number of unbranched alkanes of at least 4 members (excludes halogenated alkanes) is 30. The number of methoxy groups -OCH3 is 4. The second kappa shape index (κ2) is 70.1. The van der Waals surface area contributed by atoms with Crippen LogP contribution in [0.2, 0.25) is 0 Å². The summed E-state index contributed by atoms with van der Waals surface area (Å²) in [5, 5.41) is 17.5. The maximum atomic E-state index is 14.0. The maximum Gasteiger partial charge on any atom is 0.475 e. The van der Waals surface area contributed by atoms with Crippen molar-refractivity contribution in [3.8, 4) is 0 Å². The molecule has 2 rings (SSSR count). The second-order valence-electron chi connectivity index (χ2n) is 28.1. The molecule has 2 saturated heterocycles. The molecule has 0 aromatic heterocycles. The predicted octanol–water partition coefficient (Wildman–Crippen LogP) is 20.4. The van der Waals surface area contributed by atoms with Gasteiger partial charge in [0.25, 0.3) is 0 Å². The van der Waals surface area contributed by atoms with E-state index >= 15 is 0 Å². The van der Waals surface area contributed by atoms with Crippen LogP contribution < -0.4 is 10.6 Å². The largest absolute Gasteiger partial charge is 0.475 e. The van der Waals surface area contributed by atoms with E-state index in [1.54, 1.807) is 39.7 Å². The third-order valence-electron chi connectivity index (χ3n) is 19.0. The number of ether oxygens (including phenoxy) is 10. The minimum absolute atomic E-state index is 0.0105. The summed E-state index contributed by atoms with van der Waals surface area (Å²) in [4.78, 5) is 26.7. The van der Waals surface area contributed by atoms with Gasteiger partial charge in [0, 0.05) is 54.5 Å². The highest BCUT2D eigenvalue weighted by Gasteiger charge is 2.52. The van der Waals surface area contributed by atoms with Crippen molar-refractivity contribution in [3.63, 3.8) is 0 Å². The number of hydrogen-bond donors (Lipinski definition) is 3. The molecular weight excluding hydrogens is 1340 g/mol. The number of aliphatic hydroxyl groups is 1. The topological polar surface area (TPSA) is 215 Å². The van der Waals surface area contributed by atoms with E-state index < -0.39 is 69.1 Å². The van der Waals surface area contributed by atoms with E-state index in [0.29, 0.717) is 32.3 Å². The minimum atomic E-state index is -4.20. The van der Waals surface area contributed by atoms with Crippen molar-refractivity contribution in [1.82, 2.24) is 10.6 Å². The Balaban J connectivity index is 0.00000106. The summed E-state index contributed by atoms with van der Waals surface area (Å²) < 4.78 is 91.1. The molecule has 0 radical (unpaired) electrons. The van der Waals surface area contributed by atoms with E-state index in [0.717, 1.165) is 83.5 Å². The molecule has 0 bridgehead atoms. The van der Waals surface area contributed by atoms with Crippen molar-refractivity contribution in [2.24, 2.45) is 0 Å². The van der Waals surface area contributed by atoms with Crippen molar-refractivity contribution in [3.05, 3.63) is 74.3 Å². The van der Waals surface area contributed by atoms with E-state index in [4.69, 9.17) is 60.9 Å². The Bertz CT molecular complexity index is 2160. The molecule has 0 aromatic rings. The number of carbonyl (C=O) groups excluding carboxylic acids is 2. The Kier molecular flexibility index (Phi) is 66.6. The van der Waals surface area contributed by atoms with Crippen LogP contribution in [0.25, 0.3) is 0 Å². The lowest BCUT2D eigenvalue weighted by molar-refractivity contribution is -0.265. The van der Waals surface area contributed by atoms with E-state index in [2.05, 4.69) is 75.8 Å². The lowest BCUT2D eigenvalue weighted by Crippen LogP contribution is -2.66. The van der Waals surface area contributed by atoms with Gasteiger partial charge in [-0.2, -0.15) is 0 Å². The fourth-order valence-corrected chi connectivity index (χ4v) is 14.3. The Morgan fingerprint density at radius 1 is 0.462 bits per heavy atom. The molecule has 12 atom stereocenters. The first kappa shape index (κ1) is 98.7. The first-order valence-corrected chi connectivity index (χ1v) is 42.8. The number of rotatable bonds is 70. The molecule has 0 spiro atoms. The van der Waals surface area contributed by atoms with Gasteiger partial charge in [0.2, 0.25) is 24.4 Å². The molecular formula is C84H155N2O17P.